The minimum Gasteiger partial charge on any atom is -0.311 e. The molecule has 0 spiro atoms. The van der Waals surface area contributed by atoms with Crippen LogP contribution in [-0.4, -0.2) is 32.2 Å². The van der Waals surface area contributed by atoms with E-state index >= 15 is 0 Å². The van der Waals surface area contributed by atoms with Gasteiger partial charge in [-0.2, -0.15) is 4.80 Å². The van der Waals surface area contributed by atoms with Gasteiger partial charge in [-0.1, -0.05) is 6.07 Å². The quantitative estimate of drug-likeness (QED) is 0.788. The molecule has 6 heteroatoms. The van der Waals surface area contributed by atoms with E-state index in [-0.39, 0.29) is 6.04 Å². The first-order chi connectivity index (χ1) is 7.79. The summed E-state index contributed by atoms with van der Waals surface area (Å²) in [6.45, 7) is 0. The summed E-state index contributed by atoms with van der Waals surface area (Å²) in [5.74, 6) is 0.715. The lowest BCUT2D eigenvalue weighted by Gasteiger charge is -2.12. The van der Waals surface area contributed by atoms with Gasteiger partial charge in [-0.25, -0.2) is 0 Å². The summed E-state index contributed by atoms with van der Waals surface area (Å²) in [6.07, 6.45) is 2.46. The van der Waals surface area contributed by atoms with E-state index in [9.17, 15) is 0 Å². The van der Waals surface area contributed by atoms with E-state index in [1.807, 2.05) is 25.2 Å². The second kappa shape index (κ2) is 4.80. The molecule has 0 aliphatic rings. The van der Waals surface area contributed by atoms with Crippen molar-refractivity contribution in [1.29, 1.82) is 0 Å². The fraction of sp³-hybridized carbons (Fsp3) is 0.400. The van der Waals surface area contributed by atoms with Gasteiger partial charge in [-0.15, -0.1) is 10.2 Å². The molecule has 0 aliphatic carbocycles. The number of nitrogens with zero attached hydrogens (tertiary/aromatic N) is 5. The predicted molar refractivity (Wildman–Crippen MR) is 58.5 cm³/mol. The van der Waals surface area contributed by atoms with E-state index in [4.69, 9.17) is 0 Å². The Morgan fingerprint density at radius 2 is 2.31 bits per heavy atom. The summed E-state index contributed by atoms with van der Waals surface area (Å²) in [6, 6.07) is 5.97. The second-order valence-corrected chi connectivity index (χ2v) is 3.50. The molecule has 2 rings (SSSR count). The molecular formula is C10H14N6. The summed E-state index contributed by atoms with van der Waals surface area (Å²) in [4.78, 5) is 5.77. The van der Waals surface area contributed by atoms with Crippen molar-refractivity contribution in [3.05, 3.63) is 35.9 Å². The van der Waals surface area contributed by atoms with Crippen molar-refractivity contribution in [1.82, 2.24) is 30.5 Å². The molecule has 0 saturated heterocycles. The van der Waals surface area contributed by atoms with Crippen LogP contribution in [0, 0.1) is 0 Å². The Labute approximate surface area is 93.7 Å². The zero-order valence-electron chi connectivity index (χ0n) is 9.33. The number of tetrazole rings is 1. The molecule has 1 N–H and O–H groups in total. The lowest BCUT2D eigenvalue weighted by atomic mass is 10.1. The van der Waals surface area contributed by atoms with Crippen LogP contribution in [-0.2, 0) is 13.5 Å². The van der Waals surface area contributed by atoms with Crippen molar-refractivity contribution in [3.8, 4) is 0 Å². The van der Waals surface area contributed by atoms with Gasteiger partial charge in [0.15, 0.2) is 5.82 Å². The van der Waals surface area contributed by atoms with E-state index in [1.54, 1.807) is 13.2 Å². The SMILES string of the molecule is CNC(Cc1nnn(C)n1)c1ccccn1. The van der Waals surface area contributed by atoms with Crippen LogP contribution in [0.4, 0.5) is 0 Å². The van der Waals surface area contributed by atoms with Crippen LogP contribution in [0.2, 0.25) is 0 Å². The third-order valence-electron chi connectivity index (χ3n) is 2.33. The molecule has 16 heavy (non-hydrogen) atoms. The van der Waals surface area contributed by atoms with E-state index in [2.05, 4.69) is 25.7 Å². The largest absolute Gasteiger partial charge is 0.311 e. The van der Waals surface area contributed by atoms with Crippen LogP contribution in [0.3, 0.4) is 0 Å². The summed E-state index contributed by atoms with van der Waals surface area (Å²) in [5, 5.41) is 15.1. The van der Waals surface area contributed by atoms with E-state index in [0.29, 0.717) is 12.2 Å². The zero-order valence-corrected chi connectivity index (χ0v) is 9.33. The van der Waals surface area contributed by atoms with Crippen molar-refractivity contribution < 1.29 is 0 Å². The van der Waals surface area contributed by atoms with Gasteiger partial charge in [-0.05, 0) is 24.4 Å². The number of hydrogen-bond donors (Lipinski definition) is 1. The maximum absolute atomic E-state index is 4.31. The van der Waals surface area contributed by atoms with Crippen LogP contribution in [0.25, 0.3) is 0 Å². The molecule has 0 aliphatic heterocycles. The highest BCUT2D eigenvalue weighted by Crippen LogP contribution is 2.12. The van der Waals surface area contributed by atoms with Crippen LogP contribution in [0.15, 0.2) is 24.4 Å². The molecule has 6 nitrogen and oxygen atoms in total. The standard InChI is InChI=1S/C10H14N6/c1-11-9(8-5-3-4-6-12-8)7-10-13-15-16(2)14-10/h3-6,9,11H,7H2,1-2H3. The third-order valence-corrected chi connectivity index (χ3v) is 2.33. The van der Waals surface area contributed by atoms with Crippen LogP contribution in [0.1, 0.15) is 17.6 Å². The maximum atomic E-state index is 4.31. The first-order valence-corrected chi connectivity index (χ1v) is 5.10. The van der Waals surface area contributed by atoms with E-state index in [1.165, 1.54) is 4.80 Å². The summed E-state index contributed by atoms with van der Waals surface area (Å²) >= 11 is 0. The number of hydrogen-bond acceptors (Lipinski definition) is 5. The molecule has 0 fully saturated rings. The average Bonchev–Trinajstić information content (AvgIpc) is 2.73. The molecule has 2 aromatic rings. The van der Waals surface area contributed by atoms with Gasteiger partial charge < -0.3 is 5.32 Å². The fourth-order valence-corrected chi connectivity index (χ4v) is 1.52. The van der Waals surface area contributed by atoms with Crippen molar-refractivity contribution in [3.63, 3.8) is 0 Å². The Morgan fingerprint density at radius 3 is 2.88 bits per heavy atom. The Kier molecular flexibility index (Phi) is 3.21. The van der Waals surface area contributed by atoms with Gasteiger partial charge in [0.1, 0.15) is 0 Å². The molecule has 0 amide bonds. The highest BCUT2D eigenvalue weighted by atomic mass is 15.6. The van der Waals surface area contributed by atoms with Gasteiger partial charge in [0.25, 0.3) is 0 Å². The molecule has 0 radical (unpaired) electrons. The molecule has 2 heterocycles. The van der Waals surface area contributed by atoms with Gasteiger partial charge >= 0.3 is 0 Å². The van der Waals surface area contributed by atoms with Crippen molar-refractivity contribution in [2.75, 3.05) is 7.05 Å². The van der Waals surface area contributed by atoms with Gasteiger partial charge in [-0.3, -0.25) is 4.98 Å². The lowest BCUT2D eigenvalue weighted by molar-refractivity contribution is 0.557. The molecular weight excluding hydrogens is 204 g/mol. The van der Waals surface area contributed by atoms with Crippen LogP contribution in [0.5, 0.6) is 0 Å². The number of nitrogens with one attached hydrogen (secondary N) is 1. The van der Waals surface area contributed by atoms with E-state index < -0.39 is 0 Å². The van der Waals surface area contributed by atoms with Gasteiger partial charge in [0.05, 0.1) is 18.8 Å². The molecule has 1 unspecified atom stereocenters. The second-order valence-electron chi connectivity index (χ2n) is 3.50. The molecule has 0 bridgehead atoms. The van der Waals surface area contributed by atoms with Crippen molar-refractivity contribution in [2.45, 2.75) is 12.5 Å². The number of aryl methyl sites for hydroxylation is 1. The fourth-order valence-electron chi connectivity index (χ4n) is 1.52. The zero-order chi connectivity index (χ0) is 11.4. The summed E-state index contributed by atoms with van der Waals surface area (Å²) < 4.78 is 0. The first-order valence-electron chi connectivity index (χ1n) is 5.10. The first kappa shape index (κ1) is 10.7. The normalized spacial score (nSPS) is 12.6. The molecule has 84 valence electrons. The van der Waals surface area contributed by atoms with Gasteiger partial charge in [0.2, 0.25) is 0 Å². The highest BCUT2D eigenvalue weighted by molar-refractivity contribution is 5.10. The Morgan fingerprint density at radius 1 is 1.44 bits per heavy atom. The monoisotopic (exact) mass is 218 g/mol. The molecule has 0 aromatic carbocycles. The number of pyridine rings is 1. The lowest BCUT2D eigenvalue weighted by Crippen LogP contribution is -2.20. The smallest absolute Gasteiger partial charge is 0.176 e. The van der Waals surface area contributed by atoms with Crippen LogP contribution >= 0.6 is 0 Å². The third kappa shape index (κ3) is 2.40. The number of aromatic nitrogens is 5. The minimum atomic E-state index is 0.116. The topological polar surface area (TPSA) is 68.5 Å². The molecule has 2 aromatic heterocycles. The maximum Gasteiger partial charge on any atom is 0.176 e. The highest BCUT2D eigenvalue weighted by Gasteiger charge is 2.13. The summed E-state index contributed by atoms with van der Waals surface area (Å²) in [7, 11) is 3.65. The Hall–Kier alpha value is -1.82. The minimum absolute atomic E-state index is 0.116. The Bertz CT molecular complexity index is 438. The van der Waals surface area contributed by atoms with Crippen molar-refractivity contribution >= 4 is 0 Å². The summed E-state index contributed by atoms with van der Waals surface area (Å²) in [5.41, 5.74) is 0.984. The van der Waals surface area contributed by atoms with Crippen molar-refractivity contribution in [2.24, 2.45) is 7.05 Å². The van der Waals surface area contributed by atoms with Crippen LogP contribution < -0.4 is 5.32 Å². The molecule has 1 atom stereocenters. The number of rotatable bonds is 4. The average molecular weight is 218 g/mol. The molecule has 0 saturated carbocycles. The number of likely N-dealkylation sites (N-methyl/N-ethyl adjacent to an activating group) is 1. The van der Waals surface area contributed by atoms with Gasteiger partial charge in [0, 0.05) is 12.6 Å². The Balaban J connectivity index is 2.12. The predicted octanol–water partition coefficient (Wildman–Crippen LogP) is 0.108. The van der Waals surface area contributed by atoms with E-state index in [0.717, 1.165) is 5.69 Å².